The average molecular weight is 601 g/mol. The molecule has 0 aromatic heterocycles. The number of aliphatic hydroxyl groups excluding tert-OH is 2. The van der Waals surface area contributed by atoms with Gasteiger partial charge in [-0.05, 0) is 98.3 Å². The lowest BCUT2D eigenvalue weighted by molar-refractivity contribution is -0.123. The molecule has 1 fully saturated rings. The number of imide groups is 1. The van der Waals surface area contributed by atoms with Gasteiger partial charge in [0.25, 0.3) is 0 Å². The fourth-order valence-corrected chi connectivity index (χ4v) is 6.66. The van der Waals surface area contributed by atoms with Gasteiger partial charge in [0.05, 0.1) is 35.3 Å². The lowest BCUT2D eigenvalue weighted by Crippen LogP contribution is -2.38. The Bertz CT molecular complexity index is 1550. The van der Waals surface area contributed by atoms with Crippen molar-refractivity contribution in [1.82, 2.24) is 0 Å². The van der Waals surface area contributed by atoms with E-state index in [9.17, 15) is 24.9 Å². The number of phenolic OH excluding ortho intramolecular Hbond substituents is 1. The van der Waals surface area contributed by atoms with Crippen molar-refractivity contribution in [2.45, 2.75) is 45.6 Å². The van der Waals surface area contributed by atoms with Gasteiger partial charge in [-0.15, -0.1) is 0 Å². The van der Waals surface area contributed by atoms with Crippen LogP contribution in [0.25, 0.3) is 6.08 Å². The van der Waals surface area contributed by atoms with E-state index in [2.05, 4.69) is 5.32 Å². The molecule has 1 aliphatic heterocycles. The Hall–Kier alpha value is -3.91. The molecule has 2 aliphatic rings. The van der Waals surface area contributed by atoms with E-state index < -0.39 is 23.9 Å². The van der Waals surface area contributed by atoms with Crippen LogP contribution in [0.1, 0.15) is 45.1 Å². The van der Waals surface area contributed by atoms with Crippen LogP contribution in [0, 0.1) is 17.8 Å². The lowest BCUT2D eigenvalue weighted by atomic mass is 9.68. The number of hydrogen-bond acceptors (Lipinski definition) is 6. The van der Waals surface area contributed by atoms with Crippen LogP contribution >= 0.6 is 11.6 Å². The summed E-state index contributed by atoms with van der Waals surface area (Å²) in [6.07, 6.45) is 3.19. The standard InChI is InChI=1S/C35H37ClN2O5/c1-3-22(18-23-10-15-27(40)19-30(23)36)9-16-31(41)32-21(2)17-28-33(29(32)20-39)35(43)38(34(28)42)26-13-11-25(12-14-26)37-24-7-5-4-6-8-24/h4-8,10-15,18-19,28-29,31,33,37,39-41H,3,9,16-17,20H2,1-2H3/b22-18+/t28-,29+,31-,33-/m1/s1. The Morgan fingerprint density at radius 3 is 2.40 bits per heavy atom. The smallest absolute Gasteiger partial charge is 0.238 e. The molecule has 3 aromatic rings. The molecule has 43 heavy (non-hydrogen) atoms. The van der Waals surface area contributed by atoms with Gasteiger partial charge in [0.1, 0.15) is 5.75 Å². The number of carbonyl (C=O) groups is 2. The first-order valence-electron chi connectivity index (χ1n) is 14.7. The number of phenols is 1. The fraction of sp³-hybridized carbons (Fsp3) is 0.314. The first-order chi connectivity index (χ1) is 20.7. The van der Waals surface area contributed by atoms with E-state index in [1.165, 1.54) is 11.0 Å². The maximum Gasteiger partial charge on any atom is 0.238 e. The van der Waals surface area contributed by atoms with Gasteiger partial charge in [-0.1, -0.05) is 53.9 Å². The van der Waals surface area contributed by atoms with Gasteiger partial charge in [0.2, 0.25) is 11.8 Å². The molecule has 224 valence electrons. The summed E-state index contributed by atoms with van der Waals surface area (Å²) in [4.78, 5) is 28.6. The molecular formula is C35H37ClN2O5. The molecule has 0 saturated carbocycles. The number of allylic oxidation sites excluding steroid dienone is 2. The molecule has 0 spiro atoms. The van der Waals surface area contributed by atoms with E-state index in [0.717, 1.165) is 34.5 Å². The Balaban J connectivity index is 1.31. The minimum Gasteiger partial charge on any atom is -0.508 e. The largest absolute Gasteiger partial charge is 0.508 e. The third-order valence-electron chi connectivity index (χ3n) is 8.61. The fourth-order valence-electron chi connectivity index (χ4n) is 6.44. The minimum absolute atomic E-state index is 0.0965. The Labute approximate surface area is 257 Å². The number of amides is 2. The zero-order valence-electron chi connectivity index (χ0n) is 24.3. The normalized spacial score (nSPS) is 21.3. The highest BCUT2D eigenvalue weighted by atomic mass is 35.5. The van der Waals surface area contributed by atoms with Gasteiger partial charge in [-0.2, -0.15) is 0 Å². The molecule has 8 heteroatoms. The van der Waals surface area contributed by atoms with Gasteiger partial charge >= 0.3 is 0 Å². The zero-order valence-corrected chi connectivity index (χ0v) is 25.1. The summed E-state index contributed by atoms with van der Waals surface area (Å²) in [5, 5.41) is 35.3. The van der Waals surface area contributed by atoms with E-state index >= 15 is 0 Å². The number of nitrogens with zero attached hydrogens (tertiary/aromatic N) is 1. The van der Waals surface area contributed by atoms with Crippen LogP contribution in [0.4, 0.5) is 17.1 Å². The second kappa shape index (κ2) is 13.2. The Morgan fingerprint density at radius 2 is 1.74 bits per heavy atom. The molecule has 0 bridgehead atoms. The molecule has 4 N–H and O–H groups in total. The van der Waals surface area contributed by atoms with Crippen LogP contribution in [-0.4, -0.2) is 39.8 Å². The summed E-state index contributed by atoms with van der Waals surface area (Å²) < 4.78 is 0. The Kier molecular flexibility index (Phi) is 9.35. The highest BCUT2D eigenvalue weighted by Gasteiger charge is 2.54. The number of carbonyl (C=O) groups excluding carboxylic acids is 2. The number of para-hydroxylation sites is 1. The molecule has 1 saturated heterocycles. The van der Waals surface area contributed by atoms with Gasteiger partial charge in [0, 0.05) is 17.3 Å². The molecule has 0 unspecified atom stereocenters. The molecule has 7 nitrogen and oxygen atoms in total. The van der Waals surface area contributed by atoms with Crippen molar-refractivity contribution < 1.29 is 24.9 Å². The molecule has 2 amide bonds. The van der Waals surface area contributed by atoms with Crippen LogP contribution in [0.2, 0.25) is 5.02 Å². The molecule has 4 atom stereocenters. The molecule has 3 aromatic carbocycles. The van der Waals surface area contributed by atoms with Crippen molar-refractivity contribution in [3.05, 3.63) is 100 Å². The van der Waals surface area contributed by atoms with Crippen LogP contribution < -0.4 is 10.2 Å². The van der Waals surface area contributed by atoms with Crippen molar-refractivity contribution in [2.75, 3.05) is 16.8 Å². The predicted octanol–water partition coefficient (Wildman–Crippen LogP) is 6.86. The first kappa shape index (κ1) is 30.5. The van der Waals surface area contributed by atoms with Crippen LogP contribution in [-0.2, 0) is 9.59 Å². The van der Waals surface area contributed by atoms with E-state index in [0.29, 0.717) is 35.5 Å². The van der Waals surface area contributed by atoms with E-state index in [1.54, 1.807) is 24.3 Å². The summed E-state index contributed by atoms with van der Waals surface area (Å²) in [5.74, 6) is -2.47. The molecule has 1 aliphatic carbocycles. The van der Waals surface area contributed by atoms with E-state index in [1.807, 2.05) is 62.4 Å². The van der Waals surface area contributed by atoms with Crippen molar-refractivity contribution in [3.63, 3.8) is 0 Å². The summed E-state index contributed by atoms with van der Waals surface area (Å²) in [5.41, 5.74) is 5.62. The maximum atomic E-state index is 13.8. The van der Waals surface area contributed by atoms with E-state index in [4.69, 9.17) is 11.6 Å². The molecule has 5 rings (SSSR count). The predicted molar refractivity (Wildman–Crippen MR) is 170 cm³/mol. The van der Waals surface area contributed by atoms with Crippen LogP contribution in [0.5, 0.6) is 5.75 Å². The average Bonchev–Trinajstić information content (AvgIpc) is 3.25. The first-order valence-corrected chi connectivity index (χ1v) is 15.1. The maximum absolute atomic E-state index is 13.8. The monoisotopic (exact) mass is 600 g/mol. The SMILES string of the molecule is CC/C(=C\c1ccc(O)cc1Cl)CC[C@@H](O)C1=C(C)C[C@H]2C(=O)N(c3ccc(Nc4ccccc4)cc3)C(=O)[C@H]2[C@H]1CO. The minimum atomic E-state index is -0.872. The number of nitrogens with one attached hydrogen (secondary N) is 1. The number of fused-ring (bicyclic) bond motifs is 1. The summed E-state index contributed by atoms with van der Waals surface area (Å²) in [6.45, 7) is 3.58. The lowest BCUT2D eigenvalue weighted by Gasteiger charge is -2.35. The topological polar surface area (TPSA) is 110 Å². The van der Waals surface area contributed by atoms with Gasteiger partial charge < -0.3 is 20.6 Å². The number of aliphatic hydroxyl groups is 2. The molecular weight excluding hydrogens is 564 g/mol. The third-order valence-corrected chi connectivity index (χ3v) is 8.94. The number of benzene rings is 3. The van der Waals surface area contributed by atoms with Crippen molar-refractivity contribution in [3.8, 4) is 5.75 Å². The van der Waals surface area contributed by atoms with Crippen LogP contribution in [0.15, 0.2) is 89.5 Å². The van der Waals surface area contributed by atoms with Crippen LogP contribution in [0.3, 0.4) is 0 Å². The van der Waals surface area contributed by atoms with Gasteiger partial charge in [0.15, 0.2) is 0 Å². The number of halogens is 1. The summed E-state index contributed by atoms with van der Waals surface area (Å²) in [7, 11) is 0. The van der Waals surface area contributed by atoms with E-state index in [-0.39, 0.29) is 24.2 Å². The zero-order chi connectivity index (χ0) is 30.7. The number of aromatic hydroxyl groups is 1. The summed E-state index contributed by atoms with van der Waals surface area (Å²) >= 11 is 6.29. The highest BCUT2D eigenvalue weighted by molar-refractivity contribution is 6.32. The molecule has 1 heterocycles. The quantitative estimate of drug-likeness (QED) is 0.149. The van der Waals surface area contributed by atoms with Gasteiger partial charge in [-0.25, -0.2) is 0 Å². The van der Waals surface area contributed by atoms with Crippen molar-refractivity contribution in [2.24, 2.45) is 17.8 Å². The number of hydrogen-bond donors (Lipinski definition) is 4. The summed E-state index contributed by atoms with van der Waals surface area (Å²) in [6, 6.07) is 21.7. The second-order valence-electron chi connectivity index (χ2n) is 11.3. The molecule has 0 radical (unpaired) electrons. The number of rotatable bonds is 10. The highest BCUT2D eigenvalue weighted by Crippen LogP contribution is 2.47. The third kappa shape index (κ3) is 6.39. The van der Waals surface area contributed by atoms with Crippen molar-refractivity contribution in [1.29, 1.82) is 0 Å². The van der Waals surface area contributed by atoms with Crippen molar-refractivity contribution >= 4 is 46.6 Å². The number of anilines is 3. The second-order valence-corrected chi connectivity index (χ2v) is 11.7. The van der Waals surface area contributed by atoms with Gasteiger partial charge in [-0.3, -0.25) is 14.5 Å². The Morgan fingerprint density at radius 1 is 1.05 bits per heavy atom.